The van der Waals surface area contributed by atoms with Crippen LogP contribution in [0.25, 0.3) is 0 Å². The minimum Gasteiger partial charge on any atom is -0.337 e. The molecule has 2 aromatic rings. The summed E-state index contributed by atoms with van der Waals surface area (Å²) in [6.07, 6.45) is 0.809. The Bertz CT molecular complexity index is 899. The molecule has 0 saturated heterocycles. The van der Waals surface area contributed by atoms with Crippen molar-refractivity contribution in [1.82, 2.24) is 9.80 Å². The highest BCUT2D eigenvalue weighted by atomic mass is 32.2. The van der Waals surface area contributed by atoms with Gasteiger partial charge in [-0.15, -0.1) is 0 Å². The molecule has 0 unspecified atom stereocenters. The molecule has 0 aliphatic heterocycles. The lowest BCUT2D eigenvalue weighted by atomic mass is 10.2. The molecule has 0 aliphatic carbocycles. The third-order valence-corrected chi connectivity index (χ3v) is 5.46. The topological polar surface area (TPSA) is 69.7 Å². The van der Waals surface area contributed by atoms with E-state index in [1.807, 2.05) is 25.9 Å². The van der Waals surface area contributed by atoms with Gasteiger partial charge < -0.3 is 9.80 Å². The summed E-state index contributed by atoms with van der Waals surface area (Å²) in [6.45, 7) is 3.86. The highest BCUT2D eigenvalue weighted by Gasteiger charge is 2.19. The summed E-state index contributed by atoms with van der Waals surface area (Å²) in [5.74, 6) is -0.660. The van der Waals surface area contributed by atoms with E-state index < -0.39 is 15.8 Å². The fourth-order valence-corrected chi connectivity index (χ4v) is 3.72. The van der Waals surface area contributed by atoms with Crippen LogP contribution in [0.2, 0.25) is 0 Å². The Morgan fingerprint density at radius 3 is 2.32 bits per heavy atom. The monoisotopic (exact) mass is 407 g/mol. The molecule has 2 rings (SSSR count). The number of likely N-dealkylation sites (N-methyl/N-ethyl adjacent to an activating group) is 1. The maximum atomic E-state index is 13.0. The van der Waals surface area contributed by atoms with Crippen molar-refractivity contribution in [2.24, 2.45) is 0 Å². The first-order chi connectivity index (χ1) is 13.2. The Labute approximate surface area is 166 Å². The molecule has 1 N–H and O–H groups in total. The van der Waals surface area contributed by atoms with Gasteiger partial charge in [-0.3, -0.25) is 9.52 Å². The maximum absolute atomic E-state index is 13.0. The third kappa shape index (κ3) is 6.03. The van der Waals surface area contributed by atoms with Crippen molar-refractivity contribution >= 4 is 21.6 Å². The first-order valence-corrected chi connectivity index (χ1v) is 10.5. The number of sulfonamides is 1. The van der Waals surface area contributed by atoms with E-state index in [1.165, 1.54) is 36.4 Å². The van der Waals surface area contributed by atoms with Crippen molar-refractivity contribution < 1.29 is 17.6 Å². The number of amides is 1. The fourth-order valence-electron chi connectivity index (χ4n) is 2.62. The molecule has 0 aliphatic rings. The van der Waals surface area contributed by atoms with Gasteiger partial charge in [-0.05, 0) is 63.0 Å². The van der Waals surface area contributed by atoms with Crippen LogP contribution in [0.1, 0.15) is 23.7 Å². The van der Waals surface area contributed by atoms with Crippen LogP contribution in [0.3, 0.4) is 0 Å². The molecule has 8 heteroatoms. The molecular weight excluding hydrogens is 381 g/mol. The molecule has 0 spiro atoms. The van der Waals surface area contributed by atoms with Gasteiger partial charge in [0.1, 0.15) is 5.82 Å². The highest BCUT2D eigenvalue weighted by Crippen LogP contribution is 2.18. The number of hydrogen-bond acceptors (Lipinski definition) is 4. The van der Waals surface area contributed by atoms with Crippen LogP contribution in [-0.4, -0.2) is 57.9 Å². The molecule has 0 fully saturated rings. The predicted molar refractivity (Wildman–Crippen MR) is 108 cm³/mol. The zero-order valence-corrected chi connectivity index (χ0v) is 17.2. The lowest BCUT2D eigenvalue weighted by Gasteiger charge is -2.24. The van der Waals surface area contributed by atoms with E-state index in [9.17, 15) is 17.6 Å². The number of hydrogen-bond donors (Lipinski definition) is 1. The van der Waals surface area contributed by atoms with Crippen molar-refractivity contribution in [3.8, 4) is 0 Å². The molecule has 0 heterocycles. The summed E-state index contributed by atoms with van der Waals surface area (Å²) < 4.78 is 40.7. The summed E-state index contributed by atoms with van der Waals surface area (Å²) in [5.41, 5.74) is 0.561. The predicted octanol–water partition coefficient (Wildman–Crippen LogP) is 3.04. The number of benzene rings is 2. The normalized spacial score (nSPS) is 11.5. The zero-order valence-electron chi connectivity index (χ0n) is 16.4. The van der Waals surface area contributed by atoms with Gasteiger partial charge >= 0.3 is 0 Å². The number of nitrogens with zero attached hydrogens (tertiary/aromatic N) is 2. The zero-order chi connectivity index (χ0) is 20.7. The standard InChI is InChI=1S/C20H26FN3O3S/c1-4-12-24(14-13-23(2)3)20(25)16-6-5-7-19(15-16)28(26,27)22-18-10-8-17(21)9-11-18/h5-11,15,22H,4,12-14H2,1-3H3. The summed E-state index contributed by atoms with van der Waals surface area (Å²) >= 11 is 0. The maximum Gasteiger partial charge on any atom is 0.261 e. The average molecular weight is 408 g/mol. The molecule has 2 aromatic carbocycles. The molecule has 152 valence electrons. The van der Waals surface area contributed by atoms with Crippen LogP contribution in [-0.2, 0) is 10.0 Å². The second-order valence-corrected chi connectivity index (χ2v) is 8.42. The Morgan fingerprint density at radius 2 is 1.71 bits per heavy atom. The Balaban J connectivity index is 2.23. The molecule has 0 aromatic heterocycles. The quantitative estimate of drug-likeness (QED) is 0.694. The number of rotatable bonds is 9. The van der Waals surface area contributed by atoms with E-state index in [0.29, 0.717) is 18.7 Å². The lowest BCUT2D eigenvalue weighted by Crippen LogP contribution is -2.37. The van der Waals surface area contributed by atoms with Gasteiger partial charge in [-0.25, -0.2) is 12.8 Å². The van der Waals surface area contributed by atoms with Gasteiger partial charge in [0.25, 0.3) is 15.9 Å². The van der Waals surface area contributed by atoms with E-state index >= 15 is 0 Å². The van der Waals surface area contributed by atoms with Gasteiger partial charge in [0.05, 0.1) is 4.90 Å². The number of nitrogens with one attached hydrogen (secondary N) is 1. The number of anilines is 1. The first kappa shape index (κ1) is 21.8. The van der Waals surface area contributed by atoms with E-state index in [-0.39, 0.29) is 16.5 Å². The van der Waals surface area contributed by atoms with Gasteiger partial charge in [0, 0.05) is 30.9 Å². The Kier molecular flexibility index (Phi) is 7.53. The van der Waals surface area contributed by atoms with Crippen LogP contribution in [0.15, 0.2) is 53.4 Å². The number of carbonyl (C=O) groups excluding carboxylic acids is 1. The lowest BCUT2D eigenvalue weighted by molar-refractivity contribution is 0.0744. The summed E-state index contributed by atoms with van der Waals surface area (Å²) in [6, 6.07) is 11.0. The Hall–Kier alpha value is -2.45. The number of carbonyl (C=O) groups is 1. The SMILES string of the molecule is CCCN(CCN(C)C)C(=O)c1cccc(S(=O)(=O)Nc2ccc(F)cc2)c1. The molecule has 1 amide bonds. The van der Waals surface area contributed by atoms with Crippen molar-refractivity contribution in [3.05, 3.63) is 59.9 Å². The molecule has 6 nitrogen and oxygen atoms in total. The van der Waals surface area contributed by atoms with Gasteiger partial charge in [-0.1, -0.05) is 13.0 Å². The molecule has 28 heavy (non-hydrogen) atoms. The van der Waals surface area contributed by atoms with Crippen molar-refractivity contribution in [2.75, 3.05) is 38.5 Å². The van der Waals surface area contributed by atoms with Crippen LogP contribution in [0.4, 0.5) is 10.1 Å². The highest BCUT2D eigenvalue weighted by molar-refractivity contribution is 7.92. The van der Waals surface area contributed by atoms with Crippen LogP contribution in [0.5, 0.6) is 0 Å². The van der Waals surface area contributed by atoms with Crippen molar-refractivity contribution in [3.63, 3.8) is 0 Å². The molecular formula is C20H26FN3O3S. The van der Waals surface area contributed by atoms with Crippen LogP contribution < -0.4 is 4.72 Å². The Morgan fingerprint density at radius 1 is 1.04 bits per heavy atom. The van der Waals surface area contributed by atoms with Crippen LogP contribution >= 0.6 is 0 Å². The van der Waals surface area contributed by atoms with E-state index in [2.05, 4.69) is 4.72 Å². The summed E-state index contributed by atoms with van der Waals surface area (Å²) in [7, 11) is -0.0304. The van der Waals surface area contributed by atoms with Crippen molar-refractivity contribution in [2.45, 2.75) is 18.2 Å². The van der Waals surface area contributed by atoms with Crippen molar-refractivity contribution in [1.29, 1.82) is 0 Å². The first-order valence-electron chi connectivity index (χ1n) is 9.05. The second kappa shape index (κ2) is 9.66. The second-order valence-electron chi connectivity index (χ2n) is 6.74. The average Bonchev–Trinajstić information content (AvgIpc) is 2.66. The van der Waals surface area contributed by atoms with Gasteiger partial charge in [0.2, 0.25) is 0 Å². The summed E-state index contributed by atoms with van der Waals surface area (Å²) in [5, 5.41) is 0. The van der Waals surface area contributed by atoms with Gasteiger partial charge in [-0.2, -0.15) is 0 Å². The number of halogens is 1. The minimum atomic E-state index is -3.90. The van der Waals surface area contributed by atoms with Crippen LogP contribution in [0, 0.1) is 5.82 Å². The smallest absolute Gasteiger partial charge is 0.261 e. The largest absolute Gasteiger partial charge is 0.337 e. The third-order valence-electron chi connectivity index (χ3n) is 4.09. The van der Waals surface area contributed by atoms with E-state index in [1.54, 1.807) is 17.0 Å². The van der Waals surface area contributed by atoms with E-state index in [4.69, 9.17) is 0 Å². The molecule has 0 atom stereocenters. The fraction of sp³-hybridized carbons (Fsp3) is 0.350. The van der Waals surface area contributed by atoms with Gasteiger partial charge in [0.15, 0.2) is 0 Å². The minimum absolute atomic E-state index is 0.0215. The van der Waals surface area contributed by atoms with E-state index in [0.717, 1.165) is 13.0 Å². The summed E-state index contributed by atoms with van der Waals surface area (Å²) in [4.78, 5) is 16.6. The molecule has 0 bridgehead atoms. The molecule has 0 saturated carbocycles. The molecule has 0 radical (unpaired) electrons.